The predicted molar refractivity (Wildman–Crippen MR) is 111 cm³/mol. The summed E-state index contributed by atoms with van der Waals surface area (Å²) in [5.74, 6) is 0.0959. The summed E-state index contributed by atoms with van der Waals surface area (Å²) >= 11 is 3.49. The molecule has 0 aliphatic heterocycles. The minimum Gasteiger partial charge on any atom is -0.325 e. The molecule has 1 heterocycles. The number of hydrogen-bond acceptors (Lipinski definition) is 2. The fourth-order valence-electron chi connectivity index (χ4n) is 3.97. The van der Waals surface area contributed by atoms with E-state index < -0.39 is 5.41 Å². The predicted octanol–water partition coefficient (Wildman–Crippen LogP) is 5.14. The summed E-state index contributed by atoms with van der Waals surface area (Å²) in [5.41, 5.74) is 2.63. The average molecular weight is 424 g/mol. The fourth-order valence-corrected chi connectivity index (χ4v) is 4.24. The van der Waals surface area contributed by atoms with Crippen molar-refractivity contribution >= 4 is 27.5 Å². The molecule has 4 nitrogen and oxygen atoms in total. The number of amides is 1. The third-order valence-corrected chi connectivity index (χ3v) is 5.91. The monoisotopic (exact) mass is 423 g/mol. The van der Waals surface area contributed by atoms with Crippen molar-refractivity contribution in [3.63, 3.8) is 0 Å². The second-order valence-electron chi connectivity index (χ2n) is 7.15. The molecular formula is C22H22BrN3O. The van der Waals surface area contributed by atoms with Crippen LogP contribution in [0.1, 0.15) is 36.8 Å². The van der Waals surface area contributed by atoms with Crippen molar-refractivity contribution in [1.29, 1.82) is 0 Å². The van der Waals surface area contributed by atoms with Crippen LogP contribution >= 0.6 is 15.9 Å². The molecule has 0 saturated heterocycles. The summed E-state index contributed by atoms with van der Waals surface area (Å²) in [6.45, 7) is 0.689. The molecule has 138 valence electrons. The van der Waals surface area contributed by atoms with Gasteiger partial charge in [0.2, 0.25) is 5.91 Å². The fraction of sp³-hybridized carbons (Fsp3) is 0.273. The van der Waals surface area contributed by atoms with Gasteiger partial charge in [-0.1, -0.05) is 53.0 Å². The quantitative estimate of drug-likeness (QED) is 0.616. The van der Waals surface area contributed by atoms with Gasteiger partial charge in [0.25, 0.3) is 0 Å². The van der Waals surface area contributed by atoms with E-state index in [1.807, 2.05) is 47.3 Å². The molecule has 27 heavy (non-hydrogen) atoms. The highest BCUT2D eigenvalue weighted by atomic mass is 79.9. The summed E-state index contributed by atoms with van der Waals surface area (Å²) in [6, 6.07) is 18.1. The average Bonchev–Trinajstić information content (AvgIpc) is 3.35. The molecule has 1 fully saturated rings. The Kier molecular flexibility index (Phi) is 5.12. The van der Waals surface area contributed by atoms with Crippen LogP contribution in [0.3, 0.4) is 0 Å². The maximum absolute atomic E-state index is 13.3. The van der Waals surface area contributed by atoms with Crippen LogP contribution < -0.4 is 5.32 Å². The van der Waals surface area contributed by atoms with Crippen molar-refractivity contribution in [2.75, 3.05) is 5.32 Å². The minimum absolute atomic E-state index is 0.0959. The van der Waals surface area contributed by atoms with Crippen molar-refractivity contribution in [3.05, 3.63) is 82.6 Å². The number of benzene rings is 2. The minimum atomic E-state index is -0.432. The van der Waals surface area contributed by atoms with Crippen molar-refractivity contribution in [1.82, 2.24) is 9.78 Å². The third-order valence-electron chi connectivity index (χ3n) is 5.38. The van der Waals surface area contributed by atoms with E-state index in [4.69, 9.17) is 0 Å². The molecule has 1 aliphatic rings. The summed E-state index contributed by atoms with van der Waals surface area (Å²) < 4.78 is 2.91. The van der Waals surface area contributed by atoms with Crippen molar-refractivity contribution in [2.24, 2.45) is 0 Å². The Labute approximate surface area is 167 Å². The van der Waals surface area contributed by atoms with E-state index in [0.717, 1.165) is 47.0 Å². The second kappa shape index (κ2) is 7.69. The van der Waals surface area contributed by atoms with Crippen molar-refractivity contribution < 1.29 is 4.79 Å². The van der Waals surface area contributed by atoms with E-state index in [-0.39, 0.29) is 5.91 Å². The smallest absolute Gasteiger partial charge is 0.235 e. The Balaban J connectivity index is 1.56. The Bertz CT molecular complexity index is 913. The summed E-state index contributed by atoms with van der Waals surface area (Å²) in [6.07, 6.45) is 7.67. The Morgan fingerprint density at radius 2 is 1.89 bits per heavy atom. The molecule has 3 aromatic rings. The third kappa shape index (κ3) is 3.83. The number of halogens is 1. The van der Waals surface area contributed by atoms with E-state index in [1.165, 1.54) is 0 Å². The van der Waals surface area contributed by atoms with Gasteiger partial charge < -0.3 is 5.32 Å². The molecule has 0 bridgehead atoms. The molecule has 1 amide bonds. The zero-order valence-corrected chi connectivity index (χ0v) is 16.7. The van der Waals surface area contributed by atoms with E-state index >= 15 is 0 Å². The van der Waals surface area contributed by atoms with Crippen LogP contribution in [0, 0.1) is 0 Å². The van der Waals surface area contributed by atoms with E-state index in [2.05, 4.69) is 44.5 Å². The molecule has 4 rings (SSSR count). The molecule has 5 heteroatoms. The Morgan fingerprint density at radius 3 is 2.59 bits per heavy atom. The molecular weight excluding hydrogens is 402 g/mol. The van der Waals surface area contributed by atoms with Gasteiger partial charge in [0.05, 0.1) is 12.0 Å². The standard InChI is InChI=1S/C22H22BrN3O/c23-19-9-7-18(8-10-19)22(11-1-2-12-22)21(27)25-20-6-3-5-17(15-20)16-26-14-4-13-24-26/h3-10,13-15H,1-2,11-12,16H2,(H,25,27). The highest BCUT2D eigenvalue weighted by Crippen LogP contribution is 2.42. The van der Waals surface area contributed by atoms with Crippen LogP contribution in [0.4, 0.5) is 5.69 Å². The summed E-state index contributed by atoms with van der Waals surface area (Å²) in [4.78, 5) is 13.3. The van der Waals surface area contributed by atoms with E-state index in [1.54, 1.807) is 6.20 Å². The molecule has 1 saturated carbocycles. The van der Waals surface area contributed by atoms with Crippen LogP contribution in [-0.4, -0.2) is 15.7 Å². The van der Waals surface area contributed by atoms with Crippen LogP contribution in [0.25, 0.3) is 0 Å². The van der Waals surface area contributed by atoms with Gasteiger partial charge in [-0.2, -0.15) is 5.10 Å². The highest BCUT2D eigenvalue weighted by Gasteiger charge is 2.42. The Morgan fingerprint density at radius 1 is 1.11 bits per heavy atom. The van der Waals surface area contributed by atoms with Crippen LogP contribution in [0.15, 0.2) is 71.5 Å². The van der Waals surface area contributed by atoms with Gasteiger partial charge >= 0.3 is 0 Å². The highest BCUT2D eigenvalue weighted by molar-refractivity contribution is 9.10. The number of carbonyl (C=O) groups excluding carboxylic acids is 1. The zero-order chi connectivity index (χ0) is 18.7. The molecule has 0 radical (unpaired) electrons. The van der Waals surface area contributed by atoms with E-state index in [9.17, 15) is 4.79 Å². The molecule has 2 aromatic carbocycles. The molecule has 1 N–H and O–H groups in total. The van der Waals surface area contributed by atoms with Gasteiger partial charge in [0, 0.05) is 22.6 Å². The molecule has 1 aromatic heterocycles. The first-order valence-corrected chi connectivity index (χ1v) is 10.1. The maximum atomic E-state index is 13.3. The van der Waals surface area contributed by atoms with Gasteiger partial charge in [-0.15, -0.1) is 0 Å². The van der Waals surface area contributed by atoms with Crippen molar-refractivity contribution in [3.8, 4) is 0 Å². The number of anilines is 1. The van der Waals surface area contributed by atoms with Gasteiger partial charge in [-0.25, -0.2) is 0 Å². The number of rotatable bonds is 5. The second-order valence-corrected chi connectivity index (χ2v) is 8.07. The first-order valence-electron chi connectivity index (χ1n) is 9.30. The molecule has 0 atom stereocenters. The SMILES string of the molecule is O=C(Nc1cccc(Cn2cccn2)c1)C1(c2ccc(Br)cc2)CCCC1. The lowest BCUT2D eigenvalue weighted by molar-refractivity contribution is -0.121. The first kappa shape index (κ1) is 18.0. The summed E-state index contributed by atoms with van der Waals surface area (Å²) in [7, 11) is 0. The van der Waals surface area contributed by atoms with E-state index in [0.29, 0.717) is 6.54 Å². The normalized spacial score (nSPS) is 15.6. The lowest BCUT2D eigenvalue weighted by Gasteiger charge is -2.28. The van der Waals surface area contributed by atoms with Gasteiger partial charge in [-0.3, -0.25) is 9.48 Å². The molecule has 0 unspecified atom stereocenters. The zero-order valence-electron chi connectivity index (χ0n) is 15.1. The molecule has 1 aliphatic carbocycles. The number of nitrogens with zero attached hydrogens (tertiary/aromatic N) is 2. The lowest BCUT2D eigenvalue weighted by Crippen LogP contribution is -2.38. The topological polar surface area (TPSA) is 46.9 Å². The van der Waals surface area contributed by atoms with Crippen molar-refractivity contribution in [2.45, 2.75) is 37.6 Å². The van der Waals surface area contributed by atoms with Crippen LogP contribution in [0.5, 0.6) is 0 Å². The van der Waals surface area contributed by atoms with Crippen LogP contribution in [0.2, 0.25) is 0 Å². The number of carbonyl (C=O) groups is 1. The number of aromatic nitrogens is 2. The summed E-state index contributed by atoms with van der Waals surface area (Å²) in [5, 5.41) is 7.43. The van der Waals surface area contributed by atoms with Gasteiger partial charge in [0.1, 0.15) is 0 Å². The number of hydrogen-bond donors (Lipinski definition) is 1. The maximum Gasteiger partial charge on any atom is 0.235 e. The van der Waals surface area contributed by atoms with Gasteiger partial charge in [-0.05, 0) is 54.3 Å². The lowest BCUT2D eigenvalue weighted by atomic mass is 9.78. The number of nitrogens with one attached hydrogen (secondary N) is 1. The van der Waals surface area contributed by atoms with Crippen LogP contribution in [-0.2, 0) is 16.8 Å². The molecule has 0 spiro atoms. The first-order chi connectivity index (χ1) is 13.2. The Hall–Kier alpha value is -2.40. The largest absolute Gasteiger partial charge is 0.325 e. The van der Waals surface area contributed by atoms with Gasteiger partial charge in [0.15, 0.2) is 0 Å².